The first kappa shape index (κ1) is 45.9. The van der Waals surface area contributed by atoms with Crippen molar-refractivity contribution in [1.82, 2.24) is 5.32 Å². The first-order chi connectivity index (χ1) is 24.3. The number of urea groups is 1. The number of ether oxygens (including phenoxy) is 2. The van der Waals surface area contributed by atoms with Crippen molar-refractivity contribution in [2.45, 2.75) is 99.9 Å². The van der Waals surface area contributed by atoms with Crippen molar-refractivity contribution in [3.63, 3.8) is 0 Å². The number of isocyanates is 1. The Morgan fingerprint density at radius 2 is 1.19 bits per heavy atom. The van der Waals surface area contributed by atoms with E-state index < -0.39 is 23.4 Å². The van der Waals surface area contributed by atoms with Gasteiger partial charge < -0.3 is 25.8 Å². The summed E-state index contributed by atoms with van der Waals surface area (Å²) in [5, 5.41) is 14.9. The number of nitrogens with one attached hydrogen (secondary N) is 4. The molecule has 4 amide bonds. The highest BCUT2D eigenvalue weighted by Crippen LogP contribution is 2.32. The first-order valence-electron chi connectivity index (χ1n) is 16.5. The summed E-state index contributed by atoms with van der Waals surface area (Å²) in [5.74, 6) is 0. The standard InChI is InChI=1S/C19H25N3O3S.C15H18N2O2S.C4H7NO.CH4/c1-12(2)20-17(23)21-15-11-13(16-7-6-10-26-16)8-9-14(15)22-18(24)25-19(3,4)5;1-15(2,3)19-14(18)17-12-7-6-10(9-11(12)16)13-5-4-8-20-13;1-4(2)5-3-6;/h6-12H,1-5H3,(H,22,24)(H2,20,21,23);4-9H,16H2,1-3H3,(H,17,18);4H,1-2H3;1H4. The Balaban J connectivity index is 0.000000462. The topological polar surface area (TPSA) is 173 Å². The van der Waals surface area contributed by atoms with Crippen LogP contribution in [-0.2, 0) is 14.3 Å². The van der Waals surface area contributed by atoms with Crippen LogP contribution in [0.3, 0.4) is 0 Å². The van der Waals surface area contributed by atoms with Gasteiger partial charge in [0.2, 0.25) is 6.08 Å². The van der Waals surface area contributed by atoms with Crippen LogP contribution < -0.4 is 27.0 Å². The number of amides is 4. The quantitative estimate of drug-likeness (QED) is 0.0707. The Hall–Kier alpha value is -5.17. The van der Waals surface area contributed by atoms with Gasteiger partial charge in [0.05, 0.1) is 28.8 Å². The van der Waals surface area contributed by atoms with E-state index in [1.54, 1.807) is 55.6 Å². The molecule has 4 aromatic rings. The summed E-state index contributed by atoms with van der Waals surface area (Å²) >= 11 is 3.25. The van der Waals surface area contributed by atoms with E-state index in [0.29, 0.717) is 22.7 Å². The molecule has 2 aromatic carbocycles. The lowest BCUT2D eigenvalue weighted by Gasteiger charge is -2.21. The second-order valence-corrected chi connectivity index (χ2v) is 15.7. The zero-order valence-corrected chi connectivity index (χ0v) is 33.0. The van der Waals surface area contributed by atoms with Crippen molar-refractivity contribution in [2.75, 3.05) is 21.7 Å². The molecule has 0 radical (unpaired) electrons. The molecule has 0 aliphatic heterocycles. The van der Waals surface area contributed by atoms with Gasteiger partial charge in [-0.1, -0.05) is 31.7 Å². The van der Waals surface area contributed by atoms with Crippen molar-refractivity contribution >= 4 is 69.7 Å². The maximum atomic E-state index is 12.1. The number of carbonyl (C=O) groups excluding carboxylic acids is 4. The van der Waals surface area contributed by atoms with Crippen LogP contribution in [0.15, 0.2) is 76.4 Å². The molecule has 0 bridgehead atoms. The molecule has 2 aromatic heterocycles. The molecule has 53 heavy (non-hydrogen) atoms. The third kappa shape index (κ3) is 18.2. The lowest BCUT2D eigenvalue weighted by Crippen LogP contribution is -2.34. The van der Waals surface area contributed by atoms with E-state index in [1.165, 1.54) is 6.08 Å². The molecule has 0 aliphatic carbocycles. The van der Waals surface area contributed by atoms with Crippen molar-refractivity contribution in [3.8, 4) is 20.9 Å². The van der Waals surface area contributed by atoms with Crippen molar-refractivity contribution < 1.29 is 28.7 Å². The van der Waals surface area contributed by atoms with Crippen molar-refractivity contribution in [2.24, 2.45) is 4.99 Å². The number of anilines is 4. The predicted molar refractivity (Wildman–Crippen MR) is 221 cm³/mol. The van der Waals surface area contributed by atoms with Gasteiger partial charge in [-0.3, -0.25) is 10.6 Å². The van der Waals surface area contributed by atoms with Crippen LogP contribution in [0.2, 0.25) is 0 Å². The second-order valence-electron chi connectivity index (χ2n) is 13.8. The minimum absolute atomic E-state index is 0. The Labute approximate surface area is 321 Å². The van der Waals surface area contributed by atoms with Crippen LogP contribution in [0.25, 0.3) is 20.9 Å². The van der Waals surface area contributed by atoms with Crippen LogP contribution in [-0.4, -0.2) is 47.6 Å². The van der Waals surface area contributed by atoms with Gasteiger partial charge in [-0.2, -0.15) is 0 Å². The van der Waals surface area contributed by atoms with E-state index in [4.69, 9.17) is 15.2 Å². The van der Waals surface area contributed by atoms with Crippen molar-refractivity contribution in [3.05, 3.63) is 71.4 Å². The van der Waals surface area contributed by atoms with Gasteiger partial charge in [0.1, 0.15) is 11.2 Å². The highest BCUT2D eigenvalue weighted by atomic mass is 32.1. The molecule has 6 N–H and O–H groups in total. The number of hydrogen-bond donors (Lipinski definition) is 5. The fraction of sp³-hybridized carbons (Fsp3) is 0.385. The minimum atomic E-state index is -0.608. The van der Waals surface area contributed by atoms with E-state index in [0.717, 1.165) is 20.9 Å². The van der Waals surface area contributed by atoms with Gasteiger partial charge in [-0.25, -0.2) is 24.2 Å². The van der Waals surface area contributed by atoms with Crippen LogP contribution in [0.5, 0.6) is 0 Å². The van der Waals surface area contributed by atoms with Gasteiger partial charge >= 0.3 is 18.2 Å². The van der Waals surface area contributed by atoms with Crippen LogP contribution in [0.1, 0.15) is 76.7 Å². The normalized spacial score (nSPS) is 10.6. The number of nitrogens with zero attached hydrogens (tertiary/aromatic N) is 1. The molecule has 2 heterocycles. The number of carbonyl (C=O) groups is 3. The summed E-state index contributed by atoms with van der Waals surface area (Å²) in [6.07, 6.45) is 0.360. The second kappa shape index (κ2) is 21.4. The fourth-order valence-electron chi connectivity index (χ4n) is 3.98. The third-order valence-electron chi connectivity index (χ3n) is 5.93. The Bertz CT molecular complexity index is 1790. The van der Waals surface area contributed by atoms with E-state index >= 15 is 0 Å². The summed E-state index contributed by atoms with van der Waals surface area (Å²) in [6, 6.07) is 18.8. The highest BCUT2D eigenvalue weighted by molar-refractivity contribution is 7.13. The SMILES string of the molecule is C.CC(C)(C)OC(=O)Nc1ccc(-c2cccs2)cc1N.CC(C)N=C=O.CC(C)NC(=O)Nc1cc(-c2cccs2)ccc1NC(=O)OC(C)(C)C. The molecule has 0 fully saturated rings. The zero-order chi connectivity index (χ0) is 39.1. The van der Waals surface area contributed by atoms with Gasteiger partial charge in [0.15, 0.2) is 0 Å². The Morgan fingerprint density at radius 1 is 0.717 bits per heavy atom. The summed E-state index contributed by atoms with van der Waals surface area (Å²) in [7, 11) is 0. The number of nitrogens with two attached hydrogens (primary N) is 1. The predicted octanol–water partition coefficient (Wildman–Crippen LogP) is 11.0. The fourth-order valence-corrected chi connectivity index (χ4v) is 5.43. The van der Waals surface area contributed by atoms with E-state index in [9.17, 15) is 19.2 Å². The smallest absolute Gasteiger partial charge is 0.412 e. The van der Waals surface area contributed by atoms with Crippen LogP contribution in [0.4, 0.5) is 37.1 Å². The average Bonchev–Trinajstić information content (AvgIpc) is 3.73. The molecule has 12 nitrogen and oxygen atoms in total. The van der Waals surface area contributed by atoms with Crippen molar-refractivity contribution in [1.29, 1.82) is 0 Å². The molecule has 0 unspecified atom stereocenters. The Kier molecular flexibility index (Phi) is 18.5. The number of hydrogen-bond acceptors (Lipinski definition) is 10. The number of benzene rings is 2. The summed E-state index contributed by atoms with van der Waals surface area (Å²) in [6.45, 7) is 18.2. The molecule has 0 aliphatic rings. The van der Waals surface area contributed by atoms with E-state index in [-0.39, 0.29) is 25.5 Å². The monoisotopic (exact) mass is 766 g/mol. The van der Waals surface area contributed by atoms with Crippen LogP contribution >= 0.6 is 22.7 Å². The molecule has 0 spiro atoms. The number of aliphatic imine (C=N–C) groups is 1. The highest BCUT2D eigenvalue weighted by Gasteiger charge is 2.19. The molecule has 0 atom stereocenters. The molecule has 14 heteroatoms. The van der Waals surface area contributed by atoms with Crippen LogP contribution in [0, 0.1) is 0 Å². The van der Waals surface area contributed by atoms with Gasteiger partial charge in [0.25, 0.3) is 0 Å². The maximum absolute atomic E-state index is 12.1. The summed E-state index contributed by atoms with van der Waals surface area (Å²) in [4.78, 5) is 50.8. The Morgan fingerprint density at radius 3 is 1.57 bits per heavy atom. The van der Waals surface area contributed by atoms with Gasteiger partial charge in [-0.05, 0) is 128 Å². The average molecular weight is 767 g/mol. The lowest BCUT2D eigenvalue weighted by atomic mass is 10.1. The molecule has 0 saturated carbocycles. The largest absolute Gasteiger partial charge is 0.444 e. The minimum Gasteiger partial charge on any atom is -0.444 e. The number of thiophene rings is 2. The number of nitrogen functional groups attached to an aromatic ring is 1. The van der Waals surface area contributed by atoms with Gasteiger partial charge in [-0.15, -0.1) is 22.7 Å². The number of rotatable bonds is 7. The molecule has 288 valence electrons. The zero-order valence-electron chi connectivity index (χ0n) is 31.4. The summed E-state index contributed by atoms with van der Waals surface area (Å²) < 4.78 is 10.5. The molecular formula is C39H54N6O6S2. The molecule has 0 saturated heterocycles. The van der Waals surface area contributed by atoms with Gasteiger partial charge in [0, 0.05) is 15.8 Å². The van der Waals surface area contributed by atoms with E-state index in [2.05, 4.69) is 26.3 Å². The third-order valence-corrected chi connectivity index (χ3v) is 7.77. The molecule has 4 rings (SSSR count). The maximum Gasteiger partial charge on any atom is 0.412 e. The first-order valence-corrected chi connectivity index (χ1v) is 18.3. The summed E-state index contributed by atoms with van der Waals surface area (Å²) in [5.41, 5.74) is 8.86. The van der Waals surface area contributed by atoms with E-state index in [1.807, 2.05) is 108 Å². The lowest BCUT2D eigenvalue weighted by molar-refractivity contribution is 0.0624. The molecular weight excluding hydrogens is 713 g/mol.